The van der Waals surface area contributed by atoms with Gasteiger partial charge in [0, 0.05) is 19.0 Å². The molecule has 0 aliphatic carbocycles. The smallest absolute Gasteiger partial charge is 0.339 e. The molecule has 0 amide bonds. The summed E-state index contributed by atoms with van der Waals surface area (Å²) in [6.45, 7) is 2.37. The third-order valence-corrected chi connectivity index (χ3v) is 8.63. The number of carbonyl (C=O) groups is 1. The number of hydrogen-bond acceptors (Lipinski definition) is 10. The molecule has 2 aromatic carbocycles. The molecule has 1 fully saturated rings. The molecule has 1 heterocycles. The Labute approximate surface area is 221 Å². The van der Waals surface area contributed by atoms with Crippen molar-refractivity contribution in [3.8, 4) is 11.5 Å². The minimum atomic E-state index is -4.29. The molecule has 0 bridgehead atoms. The highest BCUT2D eigenvalue weighted by Gasteiger charge is 2.40. The van der Waals surface area contributed by atoms with Crippen LogP contribution < -0.4 is 20.4 Å². The second-order valence-electron chi connectivity index (χ2n) is 8.34. The topological polar surface area (TPSA) is 190 Å². The van der Waals surface area contributed by atoms with Gasteiger partial charge in [0.15, 0.2) is 0 Å². The highest BCUT2D eigenvalue weighted by Crippen LogP contribution is 2.29. The van der Waals surface area contributed by atoms with Crippen LogP contribution in [0.1, 0.15) is 24.8 Å². The van der Waals surface area contributed by atoms with E-state index in [0.717, 1.165) is 28.6 Å². The maximum absolute atomic E-state index is 13.1. The van der Waals surface area contributed by atoms with Crippen molar-refractivity contribution in [2.24, 2.45) is 16.6 Å². The van der Waals surface area contributed by atoms with Crippen LogP contribution in [-0.4, -0.2) is 66.0 Å². The van der Waals surface area contributed by atoms with E-state index in [1.165, 1.54) is 19.2 Å². The third kappa shape index (κ3) is 7.26. The van der Waals surface area contributed by atoms with Gasteiger partial charge in [0.2, 0.25) is 16.0 Å². The molecular weight excluding hydrogens is 540 g/mol. The number of nitrogens with two attached hydrogens (primary N) is 2. The first-order valence-electron chi connectivity index (χ1n) is 11.5. The van der Waals surface area contributed by atoms with E-state index in [0.29, 0.717) is 30.6 Å². The first-order chi connectivity index (χ1) is 17.9. The summed E-state index contributed by atoms with van der Waals surface area (Å²) in [5, 5.41) is 3.39. The molecule has 4 N–H and O–H groups in total. The molecule has 3 rings (SSSR count). The second-order valence-corrected chi connectivity index (χ2v) is 11.8. The van der Waals surface area contributed by atoms with E-state index >= 15 is 0 Å². The van der Waals surface area contributed by atoms with Crippen molar-refractivity contribution >= 4 is 32.1 Å². The maximum atomic E-state index is 13.1. The molecule has 0 radical (unpaired) electrons. The van der Waals surface area contributed by atoms with Gasteiger partial charge in [-0.1, -0.05) is 0 Å². The van der Waals surface area contributed by atoms with Gasteiger partial charge in [0.25, 0.3) is 0 Å². The van der Waals surface area contributed by atoms with Gasteiger partial charge in [-0.05, 0) is 66.9 Å². The first-order valence-corrected chi connectivity index (χ1v) is 14.4. The molecular formula is C23H30N4O9S2. The van der Waals surface area contributed by atoms with E-state index in [9.17, 15) is 21.6 Å². The monoisotopic (exact) mass is 570 g/mol. The Bertz CT molecular complexity index is 1370. The van der Waals surface area contributed by atoms with Gasteiger partial charge in [-0.25, -0.2) is 8.42 Å². The molecule has 0 spiro atoms. The van der Waals surface area contributed by atoms with Crippen LogP contribution in [0.3, 0.4) is 0 Å². The van der Waals surface area contributed by atoms with E-state index in [4.69, 9.17) is 30.0 Å². The van der Waals surface area contributed by atoms with Crippen LogP contribution in [0, 0.1) is 6.92 Å². The average molecular weight is 571 g/mol. The summed E-state index contributed by atoms with van der Waals surface area (Å²) in [7, 11) is -7.14. The lowest BCUT2D eigenvalue weighted by Crippen LogP contribution is -2.41. The van der Waals surface area contributed by atoms with Crippen molar-refractivity contribution in [1.29, 1.82) is 0 Å². The fourth-order valence-corrected chi connectivity index (χ4v) is 6.33. The normalized spacial score (nSPS) is 16.0. The number of benzene rings is 2. The highest BCUT2D eigenvalue weighted by atomic mass is 32.2. The number of guanidine groups is 1. The lowest BCUT2D eigenvalue weighted by molar-refractivity contribution is -0.144. The molecule has 15 heteroatoms. The summed E-state index contributed by atoms with van der Waals surface area (Å²) in [4.78, 5) is 16.5. The number of sulfonamides is 1. The fourth-order valence-electron chi connectivity index (χ4n) is 3.77. The van der Waals surface area contributed by atoms with Gasteiger partial charge in [-0.3, -0.25) is 4.79 Å². The zero-order valence-electron chi connectivity index (χ0n) is 20.9. The zero-order valence-corrected chi connectivity index (χ0v) is 22.5. The number of esters is 1. The number of methoxy groups -OCH3 is 1. The molecule has 1 atom stereocenters. The number of hydrogen-bond donors (Lipinski definition) is 2. The Kier molecular flexibility index (Phi) is 9.40. The van der Waals surface area contributed by atoms with Crippen LogP contribution in [0.5, 0.6) is 11.5 Å². The number of aryl methyl sites for hydroxylation is 1. The van der Waals surface area contributed by atoms with E-state index in [2.05, 4.69) is 5.16 Å². The largest absolute Gasteiger partial charge is 0.493 e. The molecule has 0 aromatic heterocycles. The van der Waals surface area contributed by atoms with Gasteiger partial charge in [0.1, 0.15) is 29.0 Å². The van der Waals surface area contributed by atoms with Gasteiger partial charge in [-0.2, -0.15) is 12.7 Å². The molecule has 1 aliphatic rings. The molecule has 1 aliphatic heterocycles. The maximum Gasteiger partial charge on any atom is 0.339 e. The Hall–Kier alpha value is -3.56. The molecule has 1 saturated heterocycles. The van der Waals surface area contributed by atoms with Crippen molar-refractivity contribution in [1.82, 2.24) is 4.31 Å². The highest BCUT2D eigenvalue weighted by molar-refractivity contribution is 7.89. The molecule has 13 nitrogen and oxygen atoms in total. The number of rotatable bonds is 12. The Morgan fingerprint density at radius 1 is 1.03 bits per heavy atom. The molecule has 0 saturated carbocycles. The summed E-state index contributed by atoms with van der Waals surface area (Å²) in [5.74, 6) is -0.433. The Morgan fingerprint density at radius 2 is 1.68 bits per heavy atom. The van der Waals surface area contributed by atoms with E-state index in [-0.39, 0.29) is 41.3 Å². The van der Waals surface area contributed by atoms with Crippen molar-refractivity contribution in [2.75, 3.05) is 26.9 Å². The van der Waals surface area contributed by atoms with E-state index < -0.39 is 32.2 Å². The van der Waals surface area contributed by atoms with Crippen molar-refractivity contribution in [3.63, 3.8) is 0 Å². The zero-order chi connectivity index (χ0) is 27.9. The standard InChI is InChI=1S/C23H30N4O9S2/c1-16-13-17(34-11-4-12-35-26-23(24)25)15-18(14-16)36-38(31,32)20-8-6-19(7-9-20)37(29,30)27-10-3-5-21(27)22(28)33-2/h6-9,13-15,21H,3-5,10-12H2,1-2H3,(H4,24,25,26). The van der Waals surface area contributed by atoms with Gasteiger partial charge in [0.05, 0.1) is 18.6 Å². The summed E-state index contributed by atoms with van der Waals surface area (Å²) >= 11 is 0. The number of ether oxygens (including phenoxy) is 2. The Balaban J connectivity index is 1.69. The summed E-state index contributed by atoms with van der Waals surface area (Å²) in [5.41, 5.74) is 11.0. The molecule has 2 aromatic rings. The lowest BCUT2D eigenvalue weighted by Gasteiger charge is -2.22. The lowest BCUT2D eigenvalue weighted by atomic mass is 10.2. The van der Waals surface area contributed by atoms with Gasteiger partial charge >= 0.3 is 16.1 Å². The summed E-state index contributed by atoms with van der Waals surface area (Å²) in [6, 6.07) is 8.31. The van der Waals surface area contributed by atoms with Crippen molar-refractivity contribution in [2.45, 2.75) is 42.0 Å². The van der Waals surface area contributed by atoms with Gasteiger partial charge < -0.3 is 30.0 Å². The number of oxime groups is 1. The third-order valence-electron chi connectivity index (χ3n) is 5.44. The number of nitrogens with zero attached hydrogens (tertiary/aromatic N) is 2. The van der Waals surface area contributed by atoms with Crippen molar-refractivity contribution < 1.29 is 40.1 Å². The van der Waals surface area contributed by atoms with Crippen LogP contribution in [0.15, 0.2) is 57.4 Å². The molecule has 1 unspecified atom stereocenters. The fraction of sp³-hybridized carbons (Fsp3) is 0.391. The summed E-state index contributed by atoms with van der Waals surface area (Å²) in [6.07, 6.45) is 1.32. The van der Waals surface area contributed by atoms with Crippen LogP contribution in [0.25, 0.3) is 0 Å². The quantitative estimate of drug-likeness (QED) is 0.0926. The van der Waals surface area contributed by atoms with Crippen molar-refractivity contribution in [3.05, 3.63) is 48.0 Å². The first kappa shape index (κ1) is 29.0. The van der Waals surface area contributed by atoms with Crippen LogP contribution >= 0.6 is 0 Å². The average Bonchev–Trinajstić information content (AvgIpc) is 3.36. The summed E-state index contributed by atoms with van der Waals surface area (Å²) < 4.78 is 68.5. The Morgan fingerprint density at radius 3 is 2.34 bits per heavy atom. The minimum absolute atomic E-state index is 0.0199. The predicted molar refractivity (Wildman–Crippen MR) is 136 cm³/mol. The molecule has 208 valence electrons. The van der Waals surface area contributed by atoms with E-state index in [1.807, 2.05) is 0 Å². The minimum Gasteiger partial charge on any atom is -0.493 e. The van der Waals surface area contributed by atoms with Crippen LogP contribution in [-0.2, 0) is 34.5 Å². The van der Waals surface area contributed by atoms with Crippen LogP contribution in [0.2, 0.25) is 0 Å². The predicted octanol–water partition coefficient (Wildman–Crippen LogP) is 1.06. The SMILES string of the molecule is COC(=O)C1CCCN1S(=O)(=O)c1ccc(S(=O)(=O)Oc2cc(C)cc(OCCCON=C(N)N)c2)cc1. The second kappa shape index (κ2) is 12.3. The number of carbonyl (C=O) groups excluding carboxylic acids is 1. The van der Waals surface area contributed by atoms with Gasteiger partial charge in [-0.15, -0.1) is 0 Å². The van der Waals surface area contributed by atoms with E-state index in [1.54, 1.807) is 13.0 Å². The molecule has 38 heavy (non-hydrogen) atoms. The van der Waals surface area contributed by atoms with Crippen LogP contribution in [0.4, 0.5) is 0 Å².